The van der Waals surface area contributed by atoms with Gasteiger partial charge in [0.15, 0.2) is 5.69 Å². The van der Waals surface area contributed by atoms with Gasteiger partial charge in [-0.3, -0.25) is 9.59 Å². The molecule has 0 saturated heterocycles. The van der Waals surface area contributed by atoms with Crippen LogP contribution < -0.4 is 10.6 Å². The van der Waals surface area contributed by atoms with Crippen LogP contribution in [0, 0.1) is 5.92 Å². The van der Waals surface area contributed by atoms with Crippen LogP contribution in [-0.2, 0) is 17.9 Å². The van der Waals surface area contributed by atoms with E-state index in [-0.39, 0.29) is 30.0 Å². The maximum Gasteiger partial charge on any atom is 0.272 e. The Balaban J connectivity index is 1.26. The number of nitrogens with zero attached hydrogens (tertiary/aromatic N) is 4. The number of rotatable bonds is 8. The van der Waals surface area contributed by atoms with Crippen molar-refractivity contribution >= 4 is 28.7 Å². The molecule has 0 radical (unpaired) electrons. The highest BCUT2D eigenvalue weighted by molar-refractivity contribution is 5.97. The largest absolute Gasteiger partial charge is 0.343 e. The van der Waals surface area contributed by atoms with E-state index >= 15 is 0 Å². The van der Waals surface area contributed by atoms with Gasteiger partial charge in [-0.15, -0.1) is 0 Å². The minimum absolute atomic E-state index is 0.0361. The van der Waals surface area contributed by atoms with E-state index in [0.717, 1.165) is 41.0 Å². The first-order chi connectivity index (χ1) is 18.2. The molecule has 2 amide bonds. The second kappa shape index (κ2) is 9.73. The van der Waals surface area contributed by atoms with Crippen LogP contribution >= 0.6 is 0 Å². The predicted octanol–water partition coefficient (Wildman–Crippen LogP) is 4.55. The molecule has 0 unspecified atom stereocenters. The minimum atomic E-state index is -0.338. The molecular weight excluding hydrogens is 464 g/mol. The van der Waals surface area contributed by atoms with Crippen molar-refractivity contribution in [2.24, 2.45) is 5.92 Å². The van der Waals surface area contributed by atoms with Gasteiger partial charge in [0.1, 0.15) is 11.6 Å². The zero-order valence-corrected chi connectivity index (χ0v) is 20.2. The van der Waals surface area contributed by atoms with Crippen molar-refractivity contribution < 1.29 is 9.59 Å². The first-order valence-corrected chi connectivity index (χ1v) is 12.4. The third-order valence-corrected chi connectivity index (χ3v) is 6.47. The van der Waals surface area contributed by atoms with E-state index in [2.05, 4.69) is 32.4 Å². The molecule has 2 N–H and O–H groups in total. The quantitative estimate of drug-likeness (QED) is 0.334. The van der Waals surface area contributed by atoms with Crippen LogP contribution in [0.2, 0.25) is 0 Å². The summed E-state index contributed by atoms with van der Waals surface area (Å²) in [5, 5.41) is 10.4. The fraction of sp³-hybridized carbons (Fsp3) is 0.172. The van der Waals surface area contributed by atoms with E-state index in [1.165, 1.54) is 0 Å². The lowest BCUT2D eigenvalue weighted by Gasteiger charge is -2.10. The van der Waals surface area contributed by atoms with Crippen LogP contribution in [0.1, 0.15) is 34.7 Å². The molecule has 0 spiro atoms. The summed E-state index contributed by atoms with van der Waals surface area (Å²) >= 11 is 0. The number of aromatic nitrogens is 4. The molecule has 37 heavy (non-hydrogen) atoms. The summed E-state index contributed by atoms with van der Waals surface area (Å²) in [4.78, 5) is 30.4. The number of benzene rings is 3. The second-order valence-electron chi connectivity index (χ2n) is 9.20. The maximum atomic E-state index is 13.2. The number of hydrogen-bond donors (Lipinski definition) is 2. The Morgan fingerprint density at radius 1 is 0.892 bits per heavy atom. The van der Waals surface area contributed by atoms with Gasteiger partial charge in [0.25, 0.3) is 5.91 Å². The number of carbonyl (C=O) groups is 2. The highest BCUT2D eigenvalue weighted by atomic mass is 16.2. The van der Waals surface area contributed by atoms with Crippen LogP contribution in [-0.4, -0.2) is 31.1 Å². The third kappa shape index (κ3) is 4.86. The second-order valence-corrected chi connectivity index (χ2v) is 9.20. The highest BCUT2D eigenvalue weighted by Crippen LogP contribution is 2.30. The number of amides is 2. The van der Waals surface area contributed by atoms with E-state index in [4.69, 9.17) is 4.98 Å². The van der Waals surface area contributed by atoms with E-state index in [0.29, 0.717) is 12.4 Å². The average molecular weight is 491 g/mol. The highest BCUT2D eigenvalue weighted by Gasteiger charge is 2.30. The van der Waals surface area contributed by atoms with Crippen molar-refractivity contribution in [2.75, 3.05) is 5.32 Å². The Hall–Kier alpha value is -4.72. The van der Waals surface area contributed by atoms with E-state index in [1.807, 2.05) is 72.8 Å². The van der Waals surface area contributed by atoms with E-state index in [1.54, 1.807) is 10.7 Å². The maximum absolute atomic E-state index is 13.2. The summed E-state index contributed by atoms with van der Waals surface area (Å²) in [6.45, 7) is 0.884. The molecule has 1 aliphatic rings. The molecule has 6 rings (SSSR count). The first-order valence-electron chi connectivity index (χ1n) is 12.4. The van der Waals surface area contributed by atoms with Crippen molar-refractivity contribution in [1.82, 2.24) is 24.6 Å². The Morgan fingerprint density at radius 3 is 2.35 bits per heavy atom. The van der Waals surface area contributed by atoms with Crippen LogP contribution in [0.25, 0.3) is 16.7 Å². The molecule has 1 saturated carbocycles. The van der Waals surface area contributed by atoms with Gasteiger partial charge in [0.05, 0.1) is 23.3 Å². The minimum Gasteiger partial charge on any atom is -0.343 e. The fourth-order valence-electron chi connectivity index (χ4n) is 4.37. The normalized spacial score (nSPS) is 13.0. The molecule has 0 atom stereocenters. The van der Waals surface area contributed by atoms with Gasteiger partial charge >= 0.3 is 0 Å². The number of anilines is 1. The lowest BCUT2D eigenvalue weighted by molar-refractivity contribution is -0.117. The molecule has 184 valence electrons. The van der Waals surface area contributed by atoms with Gasteiger partial charge in [-0.05, 0) is 42.7 Å². The lowest BCUT2D eigenvalue weighted by atomic mass is 10.2. The zero-order chi connectivity index (χ0) is 25.2. The molecule has 1 aliphatic carbocycles. The molecule has 8 heteroatoms. The van der Waals surface area contributed by atoms with Crippen molar-refractivity contribution in [3.8, 4) is 5.69 Å². The van der Waals surface area contributed by atoms with Crippen LogP contribution in [0.5, 0.6) is 0 Å². The standard InChI is InChI=1S/C29H26N6O2/c36-28(21-15-16-21)32-26-17-24(33-35(26)22-11-5-2-6-12-22)29(37)30-18-27-31-23-13-7-8-14-25(23)34(27)19-20-9-3-1-4-10-20/h1-14,17,21H,15-16,18-19H2,(H,30,37)(H,32,36). The number of para-hydroxylation sites is 3. The zero-order valence-electron chi connectivity index (χ0n) is 20.2. The monoisotopic (exact) mass is 490 g/mol. The summed E-state index contributed by atoms with van der Waals surface area (Å²) in [5.74, 6) is 0.885. The SMILES string of the molecule is O=C(NCc1nc2ccccc2n1Cc1ccccc1)c1cc(NC(=O)C2CC2)n(-c2ccccc2)n1. The topological polar surface area (TPSA) is 93.8 Å². The molecule has 1 fully saturated rings. The van der Waals surface area contributed by atoms with Crippen molar-refractivity contribution in [2.45, 2.75) is 25.9 Å². The summed E-state index contributed by atoms with van der Waals surface area (Å²) in [6.07, 6.45) is 1.78. The number of fused-ring (bicyclic) bond motifs is 1. The van der Waals surface area contributed by atoms with Crippen LogP contribution in [0.15, 0.2) is 91.0 Å². The van der Waals surface area contributed by atoms with Crippen molar-refractivity contribution in [1.29, 1.82) is 0 Å². The Bertz CT molecular complexity index is 1570. The number of nitrogens with one attached hydrogen (secondary N) is 2. The predicted molar refractivity (Wildman–Crippen MR) is 141 cm³/mol. The molecule has 8 nitrogen and oxygen atoms in total. The molecule has 2 heterocycles. The molecule has 0 aliphatic heterocycles. The first kappa shape index (κ1) is 22.7. The van der Waals surface area contributed by atoms with Gasteiger partial charge in [0.2, 0.25) is 5.91 Å². The molecule has 0 bridgehead atoms. The lowest BCUT2D eigenvalue weighted by Crippen LogP contribution is -2.25. The molecule has 3 aromatic carbocycles. The fourth-order valence-corrected chi connectivity index (χ4v) is 4.37. The Labute approximate surface area is 214 Å². The van der Waals surface area contributed by atoms with Gasteiger partial charge in [0, 0.05) is 18.5 Å². The Kier molecular flexibility index (Phi) is 5.98. The Morgan fingerprint density at radius 2 is 1.59 bits per heavy atom. The third-order valence-electron chi connectivity index (χ3n) is 6.47. The molecular formula is C29H26N6O2. The van der Waals surface area contributed by atoms with Gasteiger partial charge < -0.3 is 15.2 Å². The molecule has 5 aromatic rings. The molecule has 2 aromatic heterocycles. The van der Waals surface area contributed by atoms with Gasteiger partial charge in [-0.1, -0.05) is 60.7 Å². The van der Waals surface area contributed by atoms with Crippen LogP contribution in [0.4, 0.5) is 5.82 Å². The van der Waals surface area contributed by atoms with Crippen molar-refractivity contribution in [3.05, 3.63) is 108 Å². The van der Waals surface area contributed by atoms with Gasteiger partial charge in [-0.2, -0.15) is 5.10 Å². The summed E-state index contributed by atoms with van der Waals surface area (Å²) in [6, 6.07) is 29.2. The number of hydrogen-bond acceptors (Lipinski definition) is 4. The van der Waals surface area contributed by atoms with Crippen LogP contribution in [0.3, 0.4) is 0 Å². The summed E-state index contributed by atoms with van der Waals surface area (Å²) in [7, 11) is 0. The smallest absolute Gasteiger partial charge is 0.272 e. The number of imidazole rings is 1. The van der Waals surface area contributed by atoms with E-state index in [9.17, 15) is 9.59 Å². The summed E-state index contributed by atoms with van der Waals surface area (Å²) < 4.78 is 3.72. The summed E-state index contributed by atoms with van der Waals surface area (Å²) in [5.41, 5.74) is 4.02. The average Bonchev–Trinajstić information content (AvgIpc) is 3.63. The number of carbonyl (C=O) groups excluding carboxylic acids is 2. The van der Waals surface area contributed by atoms with Gasteiger partial charge in [-0.25, -0.2) is 9.67 Å². The van der Waals surface area contributed by atoms with E-state index < -0.39 is 0 Å². The van der Waals surface area contributed by atoms with Crippen molar-refractivity contribution in [3.63, 3.8) is 0 Å².